The fourth-order valence-corrected chi connectivity index (χ4v) is 9.91. The first-order chi connectivity index (χ1) is 13.4. The number of hydrogen-bond acceptors (Lipinski definition) is 3. The lowest BCUT2D eigenvalue weighted by Gasteiger charge is -2.45. The lowest BCUT2D eigenvalue weighted by molar-refractivity contribution is -0.148. The molecule has 0 aliphatic heterocycles. The van der Waals surface area contributed by atoms with Crippen molar-refractivity contribution in [1.29, 1.82) is 0 Å². The third-order valence-electron chi connectivity index (χ3n) is 6.59. The van der Waals surface area contributed by atoms with E-state index >= 15 is 0 Å². The van der Waals surface area contributed by atoms with Crippen LogP contribution in [0.2, 0.25) is 5.04 Å². The number of methoxy groups -OCH3 is 1. The lowest BCUT2D eigenvalue weighted by Crippen LogP contribution is -2.68. The van der Waals surface area contributed by atoms with Gasteiger partial charge in [-0.2, -0.15) is 0 Å². The van der Waals surface area contributed by atoms with Crippen LogP contribution in [0.3, 0.4) is 0 Å². The summed E-state index contributed by atoms with van der Waals surface area (Å²) >= 11 is 0. The van der Waals surface area contributed by atoms with Crippen molar-refractivity contribution in [2.75, 3.05) is 7.11 Å². The van der Waals surface area contributed by atoms with Crippen LogP contribution in [0.25, 0.3) is 0 Å². The van der Waals surface area contributed by atoms with Crippen molar-refractivity contribution in [3.8, 4) is 0 Å². The summed E-state index contributed by atoms with van der Waals surface area (Å²) < 4.78 is 12.4. The molecular formula is C24H30O3Si. The van der Waals surface area contributed by atoms with Gasteiger partial charge in [0.25, 0.3) is 8.32 Å². The van der Waals surface area contributed by atoms with E-state index in [2.05, 4.69) is 81.4 Å². The first-order valence-corrected chi connectivity index (χ1v) is 12.2. The molecule has 148 valence electrons. The molecule has 3 nitrogen and oxygen atoms in total. The molecule has 2 saturated carbocycles. The molecule has 2 aromatic rings. The van der Waals surface area contributed by atoms with Crippen molar-refractivity contribution in [3.05, 3.63) is 60.7 Å². The van der Waals surface area contributed by atoms with Gasteiger partial charge in [0, 0.05) is 0 Å². The lowest BCUT2D eigenvalue weighted by atomic mass is 10.0. The number of esters is 1. The van der Waals surface area contributed by atoms with E-state index in [1.54, 1.807) is 0 Å². The van der Waals surface area contributed by atoms with E-state index < -0.39 is 8.32 Å². The van der Waals surface area contributed by atoms with E-state index in [1.165, 1.54) is 23.9 Å². The summed E-state index contributed by atoms with van der Waals surface area (Å²) in [6.07, 6.45) is 2.03. The summed E-state index contributed by atoms with van der Waals surface area (Å²) in [6, 6.07) is 21.3. The average molecular weight is 395 g/mol. The van der Waals surface area contributed by atoms with Gasteiger partial charge in [-0.1, -0.05) is 81.4 Å². The third kappa shape index (κ3) is 3.13. The molecule has 0 bridgehead atoms. The number of carbonyl (C=O) groups excluding carboxylic acids is 1. The van der Waals surface area contributed by atoms with Crippen LogP contribution in [0, 0.1) is 17.8 Å². The quantitative estimate of drug-likeness (QED) is 0.572. The monoisotopic (exact) mass is 394 g/mol. The van der Waals surface area contributed by atoms with Gasteiger partial charge < -0.3 is 9.16 Å². The zero-order valence-corrected chi connectivity index (χ0v) is 18.2. The Balaban J connectivity index is 1.85. The van der Waals surface area contributed by atoms with Gasteiger partial charge >= 0.3 is 5.97 Å². The molecule has 0 radical (unpaired) electrons. The zero-order chi connectivity index (χ0) is 19.9. The van der Waals surface area contributed by atoms with Crippen LogP contribution in [0.4, 0.5) is 0 Å². The second-order valence-electron chi connectivity index (χ2n) is 9.27. The minimum atomic E-state index is -2.64. The molecule has 2 unspecified atom stereocenters. The predicted molar refractivity (Wildman–Crippen MR) is 114 cm³/mol. The summed E-state index contributed by atoms with van der Waals surface area (Å²) in [5.74, 6) is 0.851. The van der Waals surface area contributed by atoms with Crippen molar-refractivity contribution in [2.24, 2.45) is 17.8 Å². The van der Waals surface area contributed by atoms with Crippen molar-refractivity contribution in [2.45, 2.75) is 44.8 Å². The largest absolute Gasteiger partial charge is 0.469 e. The van der Waals surface area contributed by atoms with Crippen molar-refractivity contribution in [1.82, 2.24) is 0 Å². The Labute approximate surface area is 169 Å². The van der Waals surface area contributed by atoms with E-state index in [1.807, 2.05) is 0 Å². The van der Waals surface area contributed by atoms with E-state index in [9.17, 15) is 4.79 Å². The Bertz CT molecular complexity index is 788. The molecule has 0 heterocycles. The summed E-state index contributed by atoms with van der Waals surface area (Å²) in [7, 11) is -1.15. The highest BCUT2D eigenvalue weighted by molar-refractivity contribution is 6.99. The van der Waals surface area contributed by atoms with Crippen LogP contribution >= 0.6 is 0 Å². The Morgan fingerprint density at radius 1 is 0.929 bits per heavy atom. The van der Waals surface area contributed by atoms with Gasteiger partial charge in [-0.05, 0) is 40.1 Å². The molecule has 0 aromatic heterocycles. The average Bonchev–Trinajstić information content (AvgIpc) is 3.39. The maximum Gasteiger partial charge on any atom is 0.311 e. The predicted octanol–water partition coefficient (Wildman–Crippen LogP) is 3.76. The van der Waals surface area contributed by atoms with Crippen LogP contribution in [0.5, 0.6) is 0 Å². The van der Waals surface area contributed by atoms with Crippen LogP contribution in [-0.4, -0.2) is 27.5 Å². The molecule has 0 saturated heterocycles. The van der Waals surface area contributed by atoms with E-state index in [-0.39, 0.29) is 23.0 Å². The molecule has 0 amide bonds. The molecule has 0 spiro atoms. The number of ether oxygens (including phenoxy) is 1. The Hall–Kier alpha value is -1.91. The van der Waals surface area contributed by atoms with E-state index in [4.69, 9.17) is 9.16 Å². The molecule has 2 aromatic carbocycles. The smallest absolute Gasteiger partial charge is 0.311 e. The minimum absolute atomic E-state index is 0.0521. The highest BCUT2D eigenvalue weighted by Gasteiger charge is 2.61. The van der Waals surface area contributed by atoms with E-state index in [0.717, 1.165) is 6.42 Å². The standard InChI is InChI=1S/C24H30O3Si/c1-24(2,3)28(18-11-7-5-8-12-18,19-13-9-6-10-14-19)27-22-20-15-17(20)16-21(22)23(25)26-4/h5-14,17,20-22H,15-16H2,1-4H3/t17?,20?,21-,22-/m1/s1. The Morgan fingerprint density at radius 3 is 1.93 bits per heavy atom. The van der Waals surface area contributed by atoms with Crippen LogP contribution in [0.15, 0.2) is 60.7 Å². The van der Waals surface area contributed by atoms with Crippen LogP contribution in [-0.2, 0) is 14.0 Å². The van der Waals surface area contributed by atoms with Gasteiger partial charge in [-0.15, -0.1) is 0 Å². The Morgan fingerprint density at radius 2 is 1.46 bits per heavy atom. The highest BCUT2D eigenvalue weighted by atomic mass is 28.4. The number of fused-ring (bicyclic) bond motifs is 1. The fourth-order valence-electron chi connectivity index (χ4n) is 5.15. The number of benzene rings is 2. The molecule has 4 rings (SSSR count). The van der Waals surface area contributed by atoms with Gasteiger partial charge in [0.1, 0.15) is 0 Å². The van der Waals surface area contributed by atoms with Crippen LogP contribution < -0.4 is 10.4 Å². The maximum atomic E-state index is 12.5. The fraction of sp³-hybridized carbons (Fsp3) is 0.458. The first kappa shape index (κ1) is 19.4. The summed E-state index contributed by atoms with van der Waals surface area (Å²) in [5, 5.41) is 2.45. The molecule has 0 N–H and O–H groups in total. The SMILES string of the molecule is COC(=O)[C@@H]1CC2CC2[C@H]1O[Si](c1ccccc1)(c1ccccc1)C(C)(C)C. The first-order valence-electron chi connectivity index (χ1n) is 10.2. The topological polar surface area (TPSA) is 35.5 Å². The summed E-state index contributed by atoms with van der Waals surface area (Å²) in [6.45, 7) is 6.85. The van der Waals surface area contributed by atoms with E-state index in [0.29, 0.717) is 11.8 Å². The number of hydrogen-bond donors (Lipinski definition) is 0. The number of carbonyl (C=O) groups is 1. The molecule has 2 aliphatic rings. The van der Waals surface area contributed by atoms with Gasteiger partial charge in [0.15, 0.2) is 0 Å². The Kier molecular flexibility index (Phi) is 4.96. The molecular weight excluding hydrogens is 364 g/mol. The van der Waals surface area contributed by atoms with Gasteiger partial charge in [-0.25, -0.2) is 0 Å². The molecule has 2 aliphatic carbocycles. The zero-order valence-electron chi connectivity index (χ0n) is 17.2. The third-order valence-corrected chi connectivity index (χ3v) is 11.6. The van der Waals surface area contributed by atoms with Gasteiger partial charge in [0.05, 0.1) is 19.1 Å². The van der Waals surface area contributed by atoms with Gasteiger partial charge in [0.2, 0.25) is 0 Å². The minimum Gasteiger partial charge on any atom is -0.469 e. The summed E-state index contributed by atoms with van der Waals surface area (Å²) in [5.41, 5.74) is 0. The number of rotatable bonds is 5. The maximum absolute atomic E-state index is 12.5. The second kappa shape index (κ2) is 7.16. The van der Waals surface area contributed by atoms with Crippen LogP contribution in [0.1, 0.15) is 33.6 Å². The summed E-state index contributed by atoms with van der Waals surface area (Å²) in [4.78, 5) is 12.5. The highest BCUT2D eigenvalue weighted by Crippen LogP contribution is 2.57. The van der Waals surface area contributed by atoms with Crippen molar-refractivity contribution in [3.63, 3.8) is 0 Å². The normalized spacial score (nSPS) is 26.6. The molecule has 4 heteroatoms. The molecule has 4 atom stereocenters. The van der Waals surface area contributed by atoms with Crippen molar-refractivity contribution < 1.29 is 14.0 Å². The van der Waals surface area contributed by atoms with Gasteiger partial charge in [-0.3, -0.25) is 4.79 Å². The molecule has 2 fully saturated rings. The molecule has 28 heavy (non-hydrogen) atoms. The second-order valence-corrected chi connectivity index (χ2v) is 13.5. The van der Waals surface area contributed by atoms with Crippen molar-refractivity contribution >= 4 is 24.7 Å².